The lowest BCUT2D eigenvalue weighted by Gasteiger charge is -2.11. The molecule has 0 fully saturated rings. The number of para-hydroxylation sites is 1. The maximum absolute atomic E-state index is 12.6. The molecule has 2 rings (SSSR count). The van der Waals surface area contributed by atoms with Crippen LogP contribution in [0.4, 0.5) is 18.9 Å². The van der Waals surface area contributed by atoms with Crippen LogP contribution in [0.1, 0.15) is 5.56 Å². The second-order valence-corrected chi connectivity index (χ2v) is 5.92. The van der Waals surface area contributed by atoms with Gasteiger partial charge in [-0.3, -0.25) is 14.4 Å². The van der Waals surface area contributed by atoms with Crippen molar-refractivity contribution in [3.8, 4) is 0 Å². The van der Waals surface area contributed by atoms with E-state index in [0.717, 1.165) is 0 Å². The quantitative estimate of drug-likeness (QED) is 0.736. The van der Waals surface area contributed by atoms with E-state index in [4.69, 9.17) is 4.74 Å². The summed E-state index contributed by atoms with van der Waals surface area (Å²) in [7, 11) is 0. The number of hydrogen-bond acceptors (Lipinski definition) is 4. The molecule has 0 saturated carbocycles. The first-order chi connectivity index (χ1) is 12.2. The van der Waals surface area contributed by atoms with Crippen LogP contribution in [0.25, 0.3) is 0 Å². The molecule has 2 aromatic rings. The zero-order valence-corrected chi connectivity index (χ0v) is 14.6. The molecule has 10 heteroatoms. The summed E-state index contributed by atoms with van der Waals surface area (Å²) in [5, 5.41) is 2.49. The summed E-state index contributed by atoms with van der Waals surface area (Å²) >= 11 is 3.23. The molecule has 26 heavy (non-hydrogen) atoms. The predicted octanol–water partition coefficient (Wildman–Crippen LogP) is 2.81. The van der Waals surface area contributed by atoms with Crippen LogP contribution in [0.3, 0.4) is 0 Å². The Kier molecular flexibility index (Phi) is 6.19. The Bertz CT molecular complexity index is 880. The number of benzene rings is 1. The smallest absolute Gasteiger partial charge is 0.417 e. The van der Waals surface area contributed by atoms with Gasteiger partial charge in [0.2, 0.25) is 0 Å². The Balaban J connectivity index is 1.94. The Morgan fingerprint density at radius 2 is 1.85 bits per heavy atom. The monoisotopic (exact) mass is 432 g/mol. The summed E-state index contributed by atoms with van der Waals surface area (Å²) in [4.78, 5) is 35.0. The first kappa shape index (κ1) is 19.7. The number of anilines is 1. The fraction of sp³-hybridized carbons (Fsp3) is 0.188. The van der Waals surface area contributed by atoms with Crippen molar-refractivity contribution in [3.05, 3.63) is 63.0 Å². The average Bonchev–Trinajstić information content (AvgIpc) is 2.56. The van der Waals surface area contributed by atoms with Crippen molar-refractivity contribution >= 4 is 33.5 Å². The number of nitrogens with one attached hydrogen (secondary N) is 1. The number of halogens is 4. The van der Waals surface area contributed by atoms with E-state index in [1.165, 1.54) is 0 Å². The van der Waals surface area contributed by atoms with Crippen LogP contribution < -0.4 is 10.9 Å². The number of carbonyl (C=O) groups excluding carboxylic acids is 2. The highest BCUT2D eigenvalue weighted by molar-refractivity contribution is 9.10. The molecule has 1 amide bonds. The fourth-order valence-corrected chi connectivity index (χ4v) is 2.29. The molecule has 6 nitrogen and oxygen atoms in total. The van der Waals surface area contributed by atoms with Gasteiger partial charge in [0, 0.05) is 16.7 Å². The van der Waals surface area contributed by atoms with Crippen molar-refractivity contribution < 1.29 is 27.5 Å². The second kappa shape index (κ2) is 8.17. The van der Waals surface area contributed by atoms with Gasteiger partial charge in [-0.05, 0) is 34.1 Å². The fourth-order valence-electron chi connectivity index (χ4n) is 1.90. The lowest BCUT2D eigenvalue weighted by Crippen LogP contribution is -2.28. The highest BCUT2D eigenvalue weighted by Gasteiger charge is 2.31. The zero-order valence-electron chi connectivity index (χ0n) is 13.0. The summed E-state index contributed by atoms with van der Waals surface area (Å²) in [6.07, 6.45) is -4.13. The Morgan fingerprint density at radius 1 is 1.15 bits per heavy atom. The number of pyridine rings is 1. The normalized spacial score (nSPS) is 11.1. The van der Waals surface area contributed by atoms with Crippen LogP contribution in [-0.2, 0) is 27.0 Å². The first-order valence-electron chi connectivity index (χ1n) is 7.14. The highest BCUT2D eigenvalue weighted by Crippen LogP contribution is 2.28. The molecule has 0 aliphatic rings. The molecular formula is C16H12BrF3N2O4. The van der Waals surface area contributed by atoms with Gasteiger partial charge in [-0.25, -0.2) is 0 Å². The highest BCUT2D eigenvalue weighted by atomic mass is 79.9. The van der Waals surface area contributed by atoms with E-state index in [-0.39, 0.29) is 0 Å². The van der Waals surface area contributed by atoms with E-state index < -0.39 is 42.3 Å². The summed E-state index contributed by atoms with van der Waals surface area (Å²) < 4.78 is 43.8. The third kappa shape index (κ3) is 5.45. The number of amides is 1. The molecular weight excluding hydrogens is 421 g/mol. The van der Waals surface area contributed by atoms with Crippen molar-refractivity contribution in [3.63, 3.8) is 0 Å². The third-order valence-corrected chi connectivity index (χ3v) is 3.81. The Morgan fingerprint density at radius 3 is 2.50 bits per heavy atom. The molecule has 0 bridgehead atoms. The lowest BCUT2D eigenvalue weighted by atomic mass is 10.3. The number of alkyl halides is 3. The van der Waals surface area contributed by atoms with Gasteiger partial charge in [-0.1, -0.05) is 12.1 Å². The van der Waals surface area contributed by atoms with Crippen molar-refractivity contribution in [1.29, 1.82) is 0 Å². The van der Waals surface area contributed by atoms with Crippen LogP contribution in [0.5, 0.6) is 0 Å². The molecule has 0 unspecified atom stereocenters. The molecule has 1 heterocycles. The molecule has 0 aliphatic carbocycles. The number of carbonyl (C=O) groups is 2. The molecule has 1 aromatic carbocycles. The molecule has 0 atom stereocenters. The van der Waals surface area contributed by atoms with Crippen LogP contribution in [0, 0.1) is 0 Å². The molecule has 138 valence electrons. The van der Waals surface area contributed by atoms with Gasteiger partial charge in [0.25, 0.3) is 11.5 Å². The minimum Gasteiger partial charge on any atom is -0.454 e. The van der Waals surface area contributed by atoms with Crippen LogP contribution in [-0.4, -0.2) is 23.1 Å². The van der Waals surface area contributed by atoms with Crippen LogP contribution >= 0.6 is 15.9 Å². The van der Waals surface area contributed by atoms with E-state index in [2.05, 4.69) is 21.2 Å². The van der Waals surface area contributed by atoms with Crippen molar-refractivity contribution in [2.24, 2.45) is 0 Å². The topological polar surface area (TPSA) is 77.4 Å². The maximum atomic E-state index is 12.6. The van der Waals surface area contributed by atoms with Gasteiger partial charge in [-0.2, -0.15) is 13.2 Å². The average molecular weight is 433 g/mol. The molecule has 1 aromatic heterocycles. The number of esters is 1. The van der Waals surface area contributed by atoms with E-state index in [0.29, 0.717) is 33.1 Å². The Labute approximate surface area is 153 Å². The molecule has 0 radical (unpaired) electrons. The predicted molar refractivity (Wildman–Crippen MR) is 89.4 cm³/mol. The number of nitrogens with zero attached hydrogens (tertiary/aromatic N) is 1. The molecule has 0 saturated heterocycles. The third-order valence-electron chi connectivity index (χ3n) is 3.12. The van der Waals surface area contributed by atoms with Crippen LogP contribution in [0.2, 0.25) is 0 Å². The van der Waals surface area contributed by atoms with Gasteiger partial charge in [0.1, 0.15) is 6.54 Å². The SMILES string of the molecule is O=C(COC(=O)Cn1cc(C(F)(F)F)ccc1=O)Nc1ccccc1Br. The minimum atomic E-state index is -4.65. The van der Waals surface area contributed by atoms with Crippen molar-refractivity contribution in [2.45, 2.75) is 12.7 Å². The van der Waals surface area contributed by atoms with Gasteiger partial charge < -0.3 is 14.6 Å². The number of aromatic nitrogens is 1. The Hall–Kier alpha value is -2.62. The van der Waals surface area contributed by atoms with E-state index in [9.17, 15) is 27.6 Å². The first-order valence-corrected chi connectivity index (χ1v) is 7.94. The van der Waals surface area contributed by atoms with Gasteiger partial charge in [0.05, 0.1) is 11.3 Å². The van der Waals surface area contributed by atoms with E-state index in [1.54, 1.807) is 24.3 Å². The molecule has 0 aliphatic heterocycles. The van der Waals surface area contributed by atoms with E-state index in [1.807, 2.05) is 0 Å². The zero-order chi connectivity index (χ0) is 19.3. The molecule has 0 spiro atoms. The van der Waals surface area contributed by atoms with Gasteiger partial charge >= 0.3 is 12.1 Å². The lowest BCUT2D eigenvalue weighted by molar-refractivity contribution is -0.148. The molecule has 1 N–H and O–H groups in total. The van der Waals surface area contributed by atoms with Crippen molar-refractivity contribution in [1.82, 2.24) is 4.57 Å². The van der Waals surface area contributed by atoms with Gasteiger partial charge in [-0.15, -0.1) is 0 Å². The summed E-state index contributed by atoms with van der Waals surface area (Å²) in [6, 6.07) is 8.07. The summed E-state index contributed by atoms with van der Waals surface area (Å²) in [5.74, 6) is -1.66. The summed E-state index contributed by atoms with van der Waals surface area (Å²) in [5.41, 5.74) is -1.41. The maximum Gasteiger partial charge on any atom is 0.417 e. The van der Waals surface area contributed by atoms with Gasteiger partial charge in [0.15, 0.2) is 6.61 Å². The van der Waals surface area contributed by atoms with E-state index >= 15 is 0 Å². The number of ether oxygens (including phenoxy) is 1. The number of hydrogen-bond donors (Lipinski definition) is 1. The summed E-state index contributed by atoms with van der Waals surface area (Å²) in [6.45, 7) is -1.39. The largest absolute Gasteiger partial charge is 0.454 e. The standard InChI is InChI=1S/C16H12BrF3N2O4/c17-11-3-1-2-4-12(11)21-13(23)9-26-15(25)8-22-7-10(16(18,19)20)5-6-14(22)24/h1-7H,8-9H2,(H,21,23). The second-order valence-electron chi connectivity index (χ2n) is 5.07. The minimum absolute atomic E-state index is 0.461. The number of rotatable bonds is 5. The van der Waals surface area contributed by atoms with Crippen molar-refractivity contribution in [2.75, 3.05) is 11.9 Å². The van der Waals surface area contributed by atoms with Crippen LogP contribution in [0.15, 0.2) is 51.9 Å².